The molecule has 3 aromatic rings. The van der Waals surface area contributed by atoms with E-state index in [9.17, 15) is 10.1 Å². The van der Waals surface area contributed by atoms with Gasteiger partial charge in [0, 0.05) is 24.4 Å². The van der Waals surface area contributed by atoms with Gasteiger partial charge in [-0.05, 0) is 54.4 Å². The second kappa shape index (κ2) is 8.56. The molecule has 0 aliphatic carbocycles. The van der Waals surface area contributed by atoms with Gasteiger partial charge in [0.05, 0.1) is 9.95 Å². The molecular formula is C21H19ClN2O3. The molecule has 0 aromatic heterocycles. The number of anilines is 1. The summed E-state index contributed by atoms with van der Waals surface area (Å²) in [7, 11) is 0. The van der Waals surface area contributed by atoms with Crippen LogP contribution in [0.4, 0.5) is 11.4 Å². The Morgan fingerprint density at radius 3 is 2.30 bits per heavy atom. The number of nitrogens with one attached hydrogen (secondary N) is 1. The van der Waals surface area contributed by atoms with Crippen LogP contribution < -0.4 is 10.1 Å². The van der Waals surface area contributed by atoms with Crippen molar-refractivity contribution >= 4 is 23.0 Å². The number of ether oxygens (including phenoxy) is 1. The van der Waals surface area contributed by atoms with Crippen LogP contribution in [0.25, 0.3) is 0 Å². The quantitative estimate of drug-likeness (QED) is 0.417. The molecule has 0 radical (unpaired) electrons. The molecule has 0 spiro atoms. The zero-order valence-corrected chi connectivity index (χ0v) is 15.6. The zero-order chi connectivity index (χ0) is 19.2. The van der Waals surface area contributed by atoms with E-state index in [1.54, 1.807) is 12.1 Å². The Bertz CT molecular complexity index is 925. The molecule has 0 heterocycles. The Morgan fingerprint density at radius 1 is 1.00 bits per heavy atom. The van der Waals surface area contributed by atoms with Crippen molar-refractivity contribution < 1.29 is 9.66 Å². The van der Waals surface area contributed by atoms with Crippen LogP contribution in [0.5, 0.6) is 5.75 Å². The van der Waals surface area contributed by atoms with Crippen LogP contribution in [-0.2, 0) is 13.2 Å². The molecule has 0 aliphatic heterocycles. The Kier molecular flexibility index (Phi) is 5.94. The van der Waals surface area contributed by atoms with Gasteiger partial charge >= 0.3 is 0 Å². The van der Waals surface area contributed by atoms with E-state index in [1.807, 2.05) is 30.3 Å². The van der Waals surface area contributed by atoms with Crippen LogP contribution in [0.15, 0.2) is 66.7 Å². The molecule has 0 bridgehead atoms. The number of nitrogens with zero attached hydrogens (tertiary/aromatic N) is 1. The van der Waals surface area contributed by atoms with Crippen molar-refractivity contribution in [2.75, 3.05) is 5.32 Å². The molecule has 0 saturated carbocycles. The SMILES string of the molecule is Cc1ccc(NCc2ccc(OCc3ccc([N+](=O)[O-])cc3)c(Cl)c2)cc1. The van der Waals surface area contributed by atoms with Gasteiger partial charge in [0.1, 0.15) is 12.4 Å². The van der Waals surface area contributed by atoms with Crippen molar-refractivity contribution in [2.24, 2.45) is 0 Å². The molecule has 0 saturated heterocycles. The van der Waals surface area contributed by atoms with E-state index in [2.05, 4.69) is 24.4 Å². The number of rotatable bonds is 7. The van der Waals surface area contributed by atoms with E-state index in [0.29, 0.717) is 23.9 Å². The van der Waals surface area contributed by atoms with Crippen molar-refractivity contribution in [1.29, 1.82) is 0 Å². The molecule has 1 N–H and O–H groups in total. The summed E-state index contributed by atoms with van der Waals surface area (Å²) in [6.07, 6.45) is 0. The highest BCUT2D eigenvalue weighted by Crippen LogP contribution is 2.27. The maximum Gasteiger partial charge on any atom is 0.269 e. The van der Waals surface area contributed by atoms with E-state index in [1.165, 1.54) is 17.7 Å². The van der Waals surface area contributed by atoms with Gasteiger partial charge in [0.25, 0.3) is 5.69 Å². The minimum absolute atomic E-state index is 0.0576. The number of aryl methyl sites for hydroxylation is 1. The molecule has 138 valence electrons. The third-order valence-electron chi connectivity index (χ3n) is 4.09. The van der Waals surface area contributed by atoms with E-state index in [4.69, 9.17) is 16.3 Å². The number of hydrogen-bond acceptors (Lipinski definition) is 4. The first-order valence-corrected chi connectivity index (χ1v) is 8.84. The second-order valence-corrected chi connectivity index (χ2v) is 6.60. The number of non-ortho nitro benzene ring substituents is 1. The lowest BCUT2D eigenvalue weighted by Gasteiger charge is -2.11. The predicted molar refractivity (Wildman–Crippen MR) is 107 cm³/mol. The summed E-state index contributed by atoms with van der Waals surface area (Å²) in [5.41, 5.74) is 4.21. The molecular weight excluding hydrogens is 364 g/mol. The molecule has 3 rings (SSSR count). The molecule has 0 atom stereocenters. The van der Waals surface area contributed by atoms with Crippen LogP contribution >= 0.6 is 11.6 Å². The van der Waals surface area contributed by atoms with Crippen molar-refractivity contribution in [3.63, 3.8) is 0 Å². The average molecular weight is 383 g/mol. The lowest BCUT2D eigenvalue weighted by atomic mass is 10.2. The summed E-state index contributed by atoms with van der Waals surface area (Å²) in [6.45, 7) is 3.00. The van der Waals surface area contributed by atoms with Gasteiger partial charge in [-0.1, -0.05) is 35.4 Å². The van der Waals surface area contributed by atoms with Gasteiger partial charge in [0.15, 0.2) is 0 Å². The first-order valence-electron chi connectivity index (χ1n) is 8.46. The van der Waals surface area contributed by atoms with Crippen molar-refractivity contribution in [1.82, 2.24) is 0 Å². The molecule has 0 aliphatic rings. The second-order valence-electron chi connectivity index (χ2n) is 6.20. The third kappa shape index (κ3) is 5.21. The van der Waals surface area contributed by atoms with E-state index >= 15 is 0 Å². The summed E-state index contributed by atoms with van der Waals surface area (Å²) in [5.74, 6) is 0.578. The van der Waals surface area contributed by atoms with E-state index in [-0.39, 0.29) is 5.69 Å². The fourth-order valence-corrected chi connectivity index (χ4v) is 2.78. The smallest absolute Gasteiger partial charge is 0.269 e. The van der Waals surface area contributed by atoms with Crippen molar-refractivity contribution in [3.8, 4) is 5.75 Å². The first kappa shape index (κ1) is 18.7. The summed E-state index contributed by atoms with van der Waals surface area (Å²) in [6, 6.07) is 20.1. The standard InChI is InChI=1S/C21H19ClN2O3/c1-15-2-7-18(8-3-15)23-13-17-6-11-21(20(22)12-17)27-14-16-4-9-19(10-5-16)24(25)26/h2-12,23H,13-14H2,1H3. The summed E-state index contributed by atoms with van der Waals surface area (Å²) in [4.78, 5) is 10.3. The molecule has 6 heteroatoms. The maximum atomic E-state index is 10.7. The van der Waals surface area contributed by atoms with Crippen molar-refractivity contribution in [2.45, 2.75) is 20.1 Å². The van der Waals surface area contributed by atoms with Gasteiger partial charge in [0.2, 0.25) is 0 Å². The van der Waals surface area contributed by atoms with Crippen LogP contribution in [0.2, 0.25) is 5.02 Å². The fraction of sp³-hybridized carbons (Fsp3) is 0.143. The Balaban J connectivity index is 1.57. The lowest BCUT2D eigenvalue weighted by Crippen LogP contribution is -2.00. The molecule has 3 aromatic carbocycles. The first-order chi connectivity index (χ1) is 13.0. The van der Waals surface area contributed by atoms with E-state index < -0.39 is 4.92 Å². The number of benzene rings is 3. The molecule has 27 heavy (non-hydrogen) atoms. The Labute approximate surface area is 162 Å². The van der Waals surface area contributed by atoms with Crippen LogP contribution in [0.1, 0.15) is 16.7 Å². The highest BCUT2D eigenvalue weighted by atomic mass is 35.5. The van der Waals surface area contributed by atoms with Gasteiger partial charge in [-0.2, -0.15) is 0 Å². The monoisotopic (exact) mass is 382 g/mol. The fourth-order valence-electron chi connectivity index (χ4n) is 2.52. The molecule has 0 fully saturated rings. The predicted octanol–water partition coefficient (Wildman–Crippen LogP) is 5.75. The topological polar surface area (TPSA) is 64.4 Å². The summed E-state index contributed by atoms with van der Waals surface area (Å²) < 4.78 is 5.73. The Hall–Kier alpha value is -3.05. The average Bonchev–Trinajstić information content (AvgIpc) is 2.67. The molecule has 0 unspecified atom stereocenters. The number of hydrogen-bond donors (Lipinski definition) is 1. The van der Waals surface area contributed by atoms with Gasteiger partial charge in [-0.15, -0.1) is 0 Å². The number of halogens is 1. The minimum Gasteiger partial charge on any atom is -0.487 e. The summed E-state index contributed by atoms with van der Waals surface area (Å²) in [5, 5.41) is 14.6. The van der Waals surface area contributed by atoms with E-state index in [0.717, 1.165) is 16.8 Å². The lowest BCUT2D eigenvalue weighted by molar-refractivity contribution is -0.384. The third-order valence-corrected chi connectivity index (χ3v) is 4.38. The highest BCUT2D eigenvalue weighted by Gasteiger charge is 2.07. The molecule has 5 nitrogen and oxygen atoms in total. The minimum atomic E-state index is -0.426. The zero-order valence-electron chi connectivity index (χ0n) is 14.8. The molecule has 0 amide bonds. The number of nitro benzene ring substituents is 1. The van der Waals surface area contributed by atoms with Gasteiger partial charge in [-0.3, -0.25) is 10.1 Å². The van der Waals surface area contributed by atoms with Crippen LogP contribution in [0, 0.1) is 17.0 Å². The van der Waals surface area contributed by atoms with Crippen LogP contribution in [-0.4, -0.2) is 4.92 Å². The van der Waals surface area contributed by atoms with Crippen LogP contribution in [0.3, 0.4) is 0 Å². The maximum absolute atomic E-state index is 10.7. The van der Waals surface area contributed by atoms with Gasteiger partial charge < -0.3 is 10.1 Å². The van der Waals surface area contributed by atoms with Crippen molar-refractivity contribution in [3.05, 3.63) is 98.6 Å². The number of nitro groups is 1. The highest BCUT2D eigenvalue weighted by molar-refractivity contribution is 6.32. The Morgan fingerprint density at radius 2 is 1.67 bits per heavy atom. The summed E-state index contributed by atoms with van der Waals surface area (Å²) >= 11 is 6.32. The van der Waals surface area contributed by atoms with Gasteiger partial charge in [-0.25, -0.2) is 0 Å². The normalized spacial score (nSPS) is 10.4. The largest absolute Gasteiger partial charge is 0.487 e.